The van der Waals surface area contributed by atoms with Crippen molar-refractivity contribution in [2.75, 3.05) is 26.3 Å². The van der Waals surface area contributed by atoms with Crippen LogP contribution in [0.3, 0.4) is 0 Å². The van der Waals surface area contributed by atoms with Crippen LogP contribution in [0.15, 0.2) is 4.99 Å². The van der Waals surface area contributed by atoms with Crippen molar-refractivity contribution >= 4 is 5.96 Å². The van der Waals surface area contributed by atoms with E-state index < -0.39 is 0 Å². The molecule has 0 radical (unpaired) electrons. The van der Waals surface area contributed by atoms with Crippen molar-refractivity contribution in [1.82, 2.24) is 20.4 Å². The van der Waals surface area contributed by atoms with Crippen LogP contribution in [-0.4, -0.2) is 48.1 Å². The van der Waals surface area contributed by atoms with Crippen LogP contribution in [0.2, 0.25) is 0 Å². The van der Waals surface area contributed by atoms with Gasteiger partial charge in [0.05, 0.1) is 5.69 Å². The van der Waals surface area contributed by atoms with Crippen molar-refractivity contribution in [3.05, 3.63) is 17.0 Å². The topological polar surface area (TPSA) is 63.5 Å². The van der Waals surface area contributed by atoms with E-state index in [1.165, 1.54) is 11.3 Å². The van der Waals surface area contributed by atoms with Gasteiger partial charge in [-0.15, -0.1) is 0 Å². The molecule has 0 amide bonds. The molecule has 24 heavy (non-hydrogen) atoms. The Morgan fingerprint density at radius 2 is 2.04 bits per heavy atom. The standard InChI is InChI=1S/C18H35N5O/c1-7-19-18(20-11-9-10-12-24-8-2)21-14(3)13-17-15(4)22-23(6)16(17)5/h14H,7-13H2,1-6H3,(H2,19,20,21). The van der Waals surface area contributed by atoms with Gasteiger partial charge >= 0.3 is 0 Å². The van der Waals surface area contributed by atoms with Crippen LogP contribution < -0.4 is 10.6 Å². The molecule has 1 aromatic rings. The highest BCUT2D eigenvalue weighted by atomic mass is 16.5. The Hall–Kier alpha value is -1.56. The second-order valence-corrected chi connectivity index (χ2v) is 6.19. The smallest absolute Gasteiger partial charge is 0.191 e. The van der Waals surface area contributed by atoms with E-state index in [2.05, 4.69) is 48.4 Å². The third-order valence-electron chi connectivity index (χ3n) is 4.07. The highest BCUT2D eigenvalue weighted by Gasteiger charge is 2.13. The first-order chi connectivity index (χ1) is 11.5. The van der Waals surface area contributed by atoms with E-state index in [9.17, 15) is 0 Å². The van der Waals surface area contributed by atoms with Gasteiger partial charge in [-0.2, -0.15) is 5.10 Å². The highest BCUT2D eigenvalue weighted by Crippen LogP contribution is 2.14. The molecule has 0 aliphatic heterocycles. The van der Waals surface area contributed by atoms with Crippen LogP contribution >= 0.6 is 0 Å². The third-order valence-corrected chi connectivity index (χ3v) is 4.07. The largest absolute Gasteiger partial charge is 0.382 e. The molecular weight excluding hydrogens is 302 g/mol. The van der Waals surface area contributed by atoms with Crippen LogP contribution in [0.25, 0.3) is 0 Å². The van der Waals surface area contributed by atoms with E-state index in [0.717, 1.165) is 57.2 Å². The normalized spacial score (nSPS) is 13.2. The maximum absolute atomic E-state index is 5.36. The summed E-state index contributed by atoms with van der Waals surface area (Å²) in [7, 11) is 2.00. The van der Waals surface area contributed by atoms with Crippen molar-refractivity contribution < 1.29 is 4.74 Å². The third kappa shape index (κ3) is 6.91. The number of aliphatic imine (C=N–C) groups is 1. The van der Waals surface area contributed by atoms with E-state index in [1.54, 1.807) is 0 Å². The summed E-state index contributed by atoms with van der Waals surface area (Å²) in [6.45, 7) is 13.8. The minimum absolute atomic E-state index is 0.299. The lowest BCUT2D eigenvalue weighted by Gasteiger charge is -2.18. The fourth-order valence-electron chi connectivity index (χ4n) is 2.67. The molecule has 1 aromatic heterocycles. The predicted molar refractivity (Wildman–Crippen MR) is 101 cm³/mol. The number of unbranched alkanes of at least 4 members (excludes halogenated alkanes) is 1. The number of rotatable bonds is 10. The maximum atomic E-state index is 5.36. The number of aryl methyl sites for hydroxylation is 2. The van der Waals surface area contributed by atoms with Crippen molar-refractivity contribution in [3.8, 4) is 0 Å². The van der Waals surface area contributed by atoms with Gasteiger partial charge in [-0.05, 0) is 59.4 Å². The molecule has 0 aliphatic rings. The van der Waals surface area contributed by atoms with Crippen molar-refractivity contribution in [3.63, 3.8) is 0 Å². The number of aromatic nitrogens is 2. The summed E-state index contributed by atoms with van der Waals surface area (Å²) in [5, 5.41) is 11.3. The fourth-order valence-corrected chi connectivity index (χ4v) is 2.67. The second kappa shape index (κ2) is 11.1. The molecule has 138 valence electrons. The molecule has 0 bridgehead atoms. The Balaban J connectivity index is 2.51. The molecule has 0 saturated carbocycles. The zero-order valence-electron chi connectivity index (χ0n) is 16.3. The van der Waals surface area contributed by atoms with Gasteiger partial charge in [0.2, 0.25) is 0 Å². The van der Waals surface area contributed by atoms with E-state index in [-0.39, 0.29) is 0 Å². The maximum Gasteiger partial charge on any atom is 0.191 e. The summed E-state index contributed by atoms with van der Waals surface area (Å²) < 4.78 is 7.31. The Morgan fingerprint density at radius 1 is 1.29 bits per heavy atom. The number of guanidine groups is 1. The van der Waals surface area contributed by atoms with Gasteiger partial charge in [0.15, 0.2) is 5.96 Å². The monoisotopic (exact) mass is 337 g/mol. The molecule has 1 atom stereocenters. The summed E-state index contributed by atoms with van der Waals surface area (Å²) in [6, 6.07) is 0.299. The number of nitrogens with zero attached hydrogens (tertiary/aromatic N) is 3. The Kier molecular flexibility index (Phi) is 9.45. The lowest BCUT2D eigenvalue weighted by molar-refractivity contribution is 0.144. The van der Waals surface area contributed by atoms with Gasteiger partial charge in [0, 0.05) is 45.1 Å². The summed E-state index contributed by atoms with van der Waals surface area (Å²) in [5.41, 5.74) is 3.67. The summed E-state index contributed by atoms with van der Waals surface area (Å²) in [6.07, 6.45) is 3.05. The van der Waals surface area contributed by atoms with Gasteiger partial charge < -0.3 is 15.4 Å². The molecule has 0 aliphatic carbocycles. The first-order valence-corrected chi connectivity index (χ1v) is 9.11. The quantitative estimate of drug-likeness (QED) is 0.391. The van der Waals surface area contributed by atoms with Crippen LogP contribution in [0.1, 0.15) is 50.6 Å². The Bertz CT molecular complexity index is 510. The molecule has 1 rings (SSSR count). The average Bonchev–Trinajstić information content (AvgIpc) is 2.77. The van der Waals surface area contributed by atoms with Crippen LogP contribution in [-0.2, 0) is 18.2 Å². The minimum Gasteiger partial charge on any atom is -0.382 e. The number of nitrogens with one attached hydrogen (secondary N) is 2. The number of hydrogen-bond donors (Lipinski definition) is 2. The van der Waals surface area contributed by atoms with Crippen molar-refractivity contribution in [1.29, 1.82) is 0 Å². The highest BCUT2D eigenvalue weighted by molar-refractivity contribution is 5.80. The lowest BCUT2D eigenvalue weighted by Crippen LogP contribution is -2.43. The van der Waals surface area contributed by atoms with Gasteiger partial charge in [-0.1, -0.05) is 0 Å². The van der Waals surface area contributed by atoms with Gasteiger partial charge in [0.25, 0.3) is 0 Å². The van der Waals surface area contributed by atoms with Crippen molar-refractivity contribution in [2.24, 2.45) is 12.0 Å². The van der Waals surface area contributed by atoms with E-state index in [0.29, 0.717) is 6.04 Å². The van der Waals surface area contributed by atoms with Gasteiger partial charge in [0.1, 0.15) is 0 Å². The van der Waals surface area contributed by atoms with Crippen LogP contribution in [0.4, 0.5) is 0 Å². The summed E-state index contributed by atoms with van der Waals surface area (Å²) in [4.78, 5) is 4.66. The fraction of sp³-hybridized carbons (Fsp3) is 0.778. The van der Waals surface area contributed by atoms with E-state index in [4.69, 9.17) is 4.74 Å². The Labute approximate surface area is 147 Å². The van der Waals surface area contributed by atoms with E-state index >= 15 is 0 Å². The Morgan fingerprint density at radius 3 is 2.62 bits per heavy atom. The first kappa shape index (κ1) is 20.5. The summed E-state index contributed by atoms with van der Waals surface area (Å²) >= 11 is 0. The second-order valence-electron chi connectivity index (χ2n) is 6.19. The molecule has 1 unspecified atom stereocenters. The van der Waals surface area contributed by atoms with E-state index in [1.807, 2.05) is 18.7 Å². The van der Waals surface area contributed by atoms with Gasteiger partial charge in [-0.25, -0.2) is 0 Å². The zero-order valence-corrected chi connectivity index (χ0v) is 16.3. The molecule has 0 spiro atoms. The molecule has 1 heterocycles. The molecule has 0 aromatic carbocycles. The molecule has 6 heteroatoms. The average molecular weight is 338 g/mol. The van der Waals surface area contributed by atoms with Crippen LogP contribution in [0.5, 0.6) is 0 Å². The molecule has 0 fully saturated rings. The predicted octanol–water partition coefficient (Wildman–Crippen LogP) is 2.34. The van der Waals surface area contributed by atoms with Crippen LogP contribution in [0, 0.1) is 13.8 Å². The van der Waals surface area contributed by atoms with Crippen molar-refractivity contribution in [2.45, 2.75) is 59.9 Å². The SMILES string of the molecule is CCNC(=NCCCCOCC)NC(C)Cc1c(C)nn(C)c1C. The van der Waals surface area contributed by atoms with Gasteiger partial charge in [-0.3, -0.25) is 9.67 Å². The zero-order chi connectivity index (χ0) is 17.9. The molecule has 0 saturated heterocycles. The molecule has 6 nitrogen and oxygen atoms in total. The molecular formula is C18H35N5O. The summed E-state index contributed by atoms with van der Waals surface area (Å²) in [5.74, 6) is 0.889. The number of hydrogen-bond acceptors (Lipinski definition) is 3. The minimum atomic E-state index is 0.299. The molecule has 2 N–H and O–H groups in total. The lowest BCUT2D eigenvalue weighted by atomic mass is 10.1. The first-order valence-electron chi connectivity index (χ1n) is 9.11. The number of ether oxygens (including phenoxy) is 1.